The van der Waals surface area contributed by atoms with Crippen molar-refractivity contribution in [3.8, 4) is 0 Å². The van der Waals surface area contributed by atoms with Gasteiger partial charge in [-0.2, -0.15) is 0 Å². The van der Waals surface area contributed by atoms with Crippen molar-refractivity contribution in [2.75, 3.05) is 0 Å². The molecule has 1 fully saturated rings. The Hall–Kier alpha value is -1.51. The summed E-state index contributed by atoms with van der Waals surface area (Å²) in [5, 5.41) is 20.3. The van der Waals surface area contributed by atoms with Crippen molar-refractivity contribution in [3.05, 3.63) is 33.9 Å². The highest BCUT2D eigenvalue weighted by molar-refractivity contribution is 7.89. The molecule has 0 aromatic heterocycles. The standard InChI is InChI=1S/C13H18N2O5S/c1-8-6-9(15(17)18)4-5-10(8)21(19,20)14-11-7-12(16)13(11,2)3/h4-6,11-12,14,16H,7H2,1-3H3. The normalized spacial score (nSPS) is 24.4. The zero-order chi connectivity index (χ0) is 16.0. The second-order valence-electron chi connectivity index (χ2n) is 5.95. The maximum absolute atomic E-state index is 12.4. The van der Waals surface area contributed by atoms with E-state index in [1.165, 1.54) is 25.1 Å². The van der Waals surface area contributed by atoms with Crippen LogP contribution in [0.5, 0.6) is 0 Å². The molecule has 1 aromatic rings. The third kappa shape index (κ3) is 2.78. The van der Waals surface area contributed by atoms with Crippen LogP contribution in [0.1, 0.15) is 25.8 Å². The number of non-ortho nitro benzene ring substituents is 1. The largest absolute Gasteiger partial charge is 0.392 e. The van der Waals surface area contributed by atoms with Crippen molar-refractivity contribution in [1.82, 2.24) is 4.72 Å². The number of nitro groups is 1. The fraction of sp³-hybridized carbons (Fsp3) is 0.538. The van der Waals surface area contributed by atoms with E-state index in [-0.39, 0.29) is 16.6 Å². The molecule has 1 aliphatic rings. The zero-order valence-corrected chi connectivity index (χ0v) is 12.8. The highest BCUT2D eigenvalue weighted by Crippen LogP contribution is 2.41. The minimum Gasteiger partial charge on any atom is -0.392 e. The molecule has 2 N–H and O–H groups in total. The van der Waals surface area contributed by atoms with Gasteiger partial charge in [0.1, 0.15) is 0 Å². The van der Waals surface area contributed by atoms with Gasteiger partial charge >= 0.3 is 0 Å². The first-order valence-corrected chi connectivity index (χ1v) is 7.99. The summed E-state index contributed by atoms with van der Waals surface area (Å²) in [6, 6.07) is 3.28. The molecule has 2 unspecified atom stereocenters. The van der Waals surface area contributed by atoms with Gasteiger partial charge in [-0.05, 0) is 25.0 Å². The van der Waals surface area contributed by atoms with Crippen LogP contribution in [0, 0.1) is 22.5 Å². The summed E-state index contributed by atoms with van der Waals surface area (Å²) in [6.45, 7) is 5.09. The van der Waals surface area contributed by atoms with Crippen LogP contribution in [0.25, 0.3) is 0 Å². The molecule has 0 bridgehead atoms. The fourth-order valence-electron chi connectivity index (χ4n) is 2.40. The number of nitrogens with zero attached hydrogens (tertiary/aromatic N) is 1. The summed E-state index contributed by atoms with van der Waals surface area (Å²) in [5.41, 5.74) is -0.359. The molecule has 0 radical (unpaired) electrons. The van der Waals surface area contributed by atoms with Crippen molar-refractivity contribution in [2.24, 2.45) is 5.41 Å². The van der Waals surface area contributed by atoms with Crippen molar-refractivity contribution in [3.63, 3.8) is 0 Å². The first kappa shape index (κ1) is 15.9. The molecule has 0 saturated heterocycles. The van der Waals surface area contributed by atoms with Gasteiger partial charge in [-0.1, -0.05) is 13.8 Å². The van der Waals surface area contributed by atoms with Gasteiger partial charge < -0.3 is 5.11 Å². The van der Waals surface area contributed by atoms with Crippen molar-refractivity contribution in [2.45, 2.75) is 44.2 Å². The molecule has 8 heteroatoms. The fourth-order valence-corrected chi connectivity index (χ4v) is 4.03. The van der Waals surface area contributed by atoms with Gasteiger partial charge in [0.05, 0.1) is 15.9 Å². The van der Waals surface area contributed by atoms with Gasteiger partial charge in [0.25, 0.3) is 5.69 Å². The summed E-state index contributed by atoms with van der Waals surface area (Å²) < 4.78 is 27.3. The summed E-state index contributed by atoms with van der Waals surface area (Å²) in [4.78, 5) is 10.1. The van der Waals surface area contributed by atoms with Crippen LogP contribution < -0.4 is 4.72 Å². The Morgan fingerprint density at radius 1 is 1.43 bits per heavy atom. The molecular weight excluding hydrogens is 296 g/mol. The zero-order valence-electron chi connectivity index (χ0n) is 12.0. The van der Waals surface area contributed by atoms with Crippen LogP contribution in [0.4, 0.5) is 5.69 Å². The third-order valence-corrected chi connectivity index (χ3v) is 5.80. The Balaban J connectivity index is 2.27. The first-order chi connectivity index (χ1) is 9.55. The summed E-state index contributed by atoms with van der Waals surface area (Å²) >= 11 is 0. The van der Waals surface area contributed by atoms with Gasteiger partial charge in [0, 0.05) is 23.6 Å². The van der Waals surface area contributed by atoms with Gasteiger partial charge in [-0.3, -0.25) is 10.1 Å². The molecule has 116 valence electrons. The number of aliphatic hydroxyl groups is 1. The van der Waals surface area contributed by atoms with E-state index < -0.39 is 26.5 Å². The van der Waals surface area contributed by atoms with Crippen molar-refractivity contribution >= 4 is 15.7 Å². The lowest BCUT2D eigenvalue weighted by Gasteiger charge is -2.49. The molecule has 2 atom stereocenters. The van der Waals surface area contributed by atoms with E-state index in [0.717, 1.165) is 0 Å². The van der Waals surface area contributed by atoms with E-state index in [1.54, 1.807) is 13.8 Å². The van der Waals surface area contributed by atoms with Gasteiger partial charge in [-0.15, -0.1) is 0 Å². The molecule has 2 rings (SSSR count). The molecule has 7 nitrogen and oxygen atoms in total. The molecular formula is C13H18N2O5S. The number of sulfonamides is 1. The maximum atomic E-state index is 12.4. The van der Waals surface area contributed by atoms with E-state index in [0.29, 0.717) is 12.0 Å². The highest BCUT2D eigenvalue weighted by Gasteiger charge is 2.49. The monoisotopic (exact) mass is 314 g/mol. The van der Waals surface area contributed by atoms with Crippen LogP contribution in [-0.2, 0) is 10.0 Å². The van der Waals surface area contributed by atoms with Gasteiger partial charge in [-0.25, -0.2) is 13.1 Å². The molecule has 0 aliphatic heterocycles. The van der Waals surface area contributed by atoms with E-state index in [2.05, 4.69) is 4.72 Å². The predicted octanol–water partition coefficient (Wildman–Crippen LogP) is 1.34. The van der Waals surface area contributed by atoms with Crippen LogP contribution in [0.15, 0.2) is 23.1 Å². The Bertz CT molecular complexity index is 684. The third-order valence-electron chi connectivity index (χ3n) is 4.17. The molecule has 0 amide bonds. The molecule has 0 heterocycles. The first-order valence-electron chi connectivity index (χ1n) is 6.51. The SMILES string of the molecule is Cc1cc([N+](=O)[O-])ccc1S(=O)(=O)NC1CC(O)C1(C)C. The number of benzene rings is 1. The van der Waals surface area contributed by atoms with Crippen LogP contribution in [0.3, 0.4) is 0 Å². The lowest BCUT2D eigenvalue weighted by Crippen LogP contribution is -2.61. The Kier molecular flexibility index (Phi) is 3.81. The number of aliphatic hydroxyl groups excluding tert-OH is 1. The highest BCUT2D eigenvalue weighted by atomic mass is 32.2. The van der Waals surface area contributed by atoms with E-state index in [9.17, 15) is 23.6 Å². The average Bonchev–Trinajstić information content (AvgIpc) is 2.37. The van der Waals surface area contributed by atoms with Crippen molar-refractivity contribution in [1.29, 1.82) is 0 Å². The lowest BCUT2D eigenvalue weighted by atomic mass is 9.65. The maximum Gasteiger partial charge on any atom is 0.269 e. The molecule has 0 spiro atoms. The average molecular weight is 314 g/mol. The minimum atomic E-state index is -3.77. The van der Waals surface area contributed by atoms with Gasteiger partial charge in [0.15, 0.2) is 0 Å². The molecule has 1 aromatic carbocycles. The van der Waals surface area contributed by atoms with Crippen LogP contribution >= 0.6 is 0 Å². The van der Waals surface area contributed by atoms with Crippen molar-refractivity contribution < 1.29 is 18.4 Å². The lowest BCUT2D eigenvalue weighted by molar-refractivity contribution is -0.385. The number of aryl methyl sites for hydroxylation is 1. The second kappa shape index (κ2) is 5.04. The number of hydrogen-bond acceptors (Lipinski definition) is 5. The summed E-state index contributed by atoms with van der Waals surface area (Å²) in [6.07, 6.45) is -0.179. The topological polar surface area (TPSA) is 110 Å². The molecule has 1 aliphatic carbocycles. The molecule has 1 saturated carbocycles. The smallest absolute Gasteiger partial charge is 0.269 e. The summed E-state index contributed by atoms with van der Waals surface area (Å²) in [5.74, 6) is 0. The Labute approximate surface area is 123 Å². The molecule has 21 heavy (non-hydrogen) atoms. The predicted molar refractivity (Wildman–Crippen MR) is 76.3 cm³/mol. The minimum absolute atomic E-state index is 0.0188. The van der Waals surface area contributed by atoms with Crippen LogP contribution in [0.2, 0.25) is 0 Å². The summed E-state index contributed by atoms with van der Waals surface area (Å²) in [7, 11) is -3.77. The second-order valence-corrected chi connectivity index (χ2v) is 7.64. The van der Waals surface area contributed by atoms with E-state index in [1.807, 2.05) is 0 Å². The Morgan fingerprint density at radius 2 is 2.05 bits per heavy atom. The van der Waals surface area contributed by atoms with Crippen LogP contribution in [-0.4, -0.2) is 30.6 Å². The van der Waals surface area contributed by atoms with Gasteiger partial charge in [0.2, 0.25) is 10.0 Å². The van der Waals surface area contributed by atoms with E-state index in [4.69, 9.17) is 0 Å². The quantitative estimate of drug-likeness (QED) is 0.644. The number of rotatable bonds is 4. The number of nitro benzene ring substituents is 1. The Morgan fingerprint density at radius 3 is 2.48 bits per heavy atom. The number of hydrogen-bond donors (Lipinski definition) is 2. The van der Waals surface area contributed by atoms with E-state index >= 15 is 0 Å². The number of nitrogens with one attached hydrogen (secondary N) is 1.